The van der Waals surface area contributed by atoms with Gasteiger partial charge in [-0.2, -0.15) is 4.98 Å². The molecular formula is C24H24N4O3S. The topological polar surface area (TPSA) is 80.5 Å². The van der Waals surface area contributed by atoms with Gasteiger partial charge in [0.25, 0.3) is 6.01 Å². The number of amides is 1. The van der Waals surface area contributed by atoms with E-state index in [9.17, 15) is 4.79 Å². The van der Waals surface area contributed by atoms with Crippen molar-refractivity contribution in [3.8, 4) is 17.0 Å². The van der Waals surface area contributed by atoms with Gasteiger partial charge in [0.1, 0.15) is 11.3 Å². The van der Waals surface area contributed by atoms with Gasteiger partial charge in [-0.25, -0.2) is 4.98 Å². The van der Waals surface area contributed by atoms with Crippen molar-refractivity contribution in [3.63, 3.8) is 0 Å². The van der Waals surface area contributed by atoms with Gasteiger partial charge in [0.15, 0.2) is 10.7 Å². The van der Waals surface area contributed by atoms with Crippen LogP contribution < -0.4 is 15.0 Å². The van der Waals surface area contributed by atoms with Crippen molar-refractivity contribution in [1.29, 1.82) is 0 Å². The summed E-state index contributed by atoms with van der Waals surface area (Å²) in [5.74, 6) is 0.723. The molecule has 0 aliphatic carbocycles. The molecule has 0 unspecified atom stereocenters. The van der Waals surface area contributed by atoms with Gasteiger partial charge >= 0.3 is 0 Å². The van der Waals surface area contributed by atoms with E-state index >= 15 is 0 Å². The zero-order valence-corrected chi connectivity index (χ0v) is 18.8. The Morgan fingerprint density at radius 3 is 2.78 bits per heavy atom. The summed E-state index contributed by atoms with van der Waals surface area (Å²) in [5, 5.41) is 5.55. The molecule has 0 bridgehead atoms. The highest BCUT2D eigenvalue weighted by molar-refractivity contribution is 7.14. The largest absolute Gasteiger partial charge is 0.496 e. The fourth-order valence-electron chi connectivity index (χ4n) is 4.01. The minimum atomic E-state index is -0.0588. The number of piperidine rings is 1. The number of thiazole rings is 1. The molecule has 2 aromatic heterocycles. The number of oxazole rings is 1. The van der Waals surface area contributed by atoms with E-state index in [0.717, 1.165) is 59.6 Å². The Kier molecular flexibility index (Phi) is 5.53. The molecule has 1 fully saturated rings. The maximum Gasteiger partial charge on any atom is 0.298 e. The summed E-state index contributed by atoms with van der Waals surface area (Å²) in [6.07, 6.45) is 1.49. The minimum Gasteiger partial charge on any atom is -0.496 e. The summed E-state index contributed by atoms with van der Waals surface area (Å²) in [6, 6.07) is 14.4. The number of carbonyl (C=O) groups excluding carboxylic acids is 1. The van der Waals surface area contributed by atoms with E-state index in [1.807, 2.05) is 54.8 Å². The van der Waals surface area contributed by atoms with Crippen molar-refractivity contribution in [2.45, 2.75) is 19.8 Å². The second kappa shape index (κ2) is 8.63. The van der Waals surface area contributed by atoms with Crippen LogP contribution in [-0.4, -0.2) is 36.1 Å². The number of anilines is 2. The number of ether oxygens (including phenoxy) is 1. The van der Waals surface area contributed by atoms with Crippen LogP contribution in [0.3, 0.4) is 0 Å². The Labute approximate surface area is 190 Å². The first-order chi connectivity index (χ1) is 15.6. The monoisotopic (exact) mass is 448 g/mol. The molecule has 4 aromatic rings. The zero-order valence-electron chi connectivity index (χ0n) is 18.0. The highest BCUT2D eigenvalue weighted by atomic mass is 32.1. The molecule has 1 saturated heterocycles. The number of nitrogens with zero attached hydrogens (tertiary/aromatic N) is 3. The number of aromatic nitrogens is 2. The van der Waals surface area contributed by atoms with E-state index in [1.54, 1.807) is 7.11 Å². The van der Waals surface area contributed by atoms with Gasteiger partial charge in [-0.15, -0.1) is 11.3 Å². The van der Waals surface area contributed by atoms with Crippen LogP contribution in [0.4, 0.5) is 11.1 Å². The predicted molar refractivity (Wildman–Crippen MR) is 126 cm³/mol. The fourth-order valence-corrected chi connectivity index (χ4v) is 4.73. The van der Waals surface area contributed by atoms with Crippen LogP contribution in [0.5, 0.6) is 5.75 Å². The third-order valence-electron chi connectivity index (χ3n) is 5.78. The van der Waals surface area contributed by atoms with Gasteiger partial charge in [-0.3, -0.25) is 4.79 Å². The summed E-state index contributed by atoms with van der Waals surface area (Å²) < 4.78 is 11.3. The summed E-state index contributed by atoms with van der Waals surface area (Å²) in [7, 11) is 1.65. The van der Waals surface area contributed by atoms with Crippen molar-refractivity contribution in [3.05, 3.63) is 53.4 Å². The van der Waals surface area contributed by atoms with Gasteiger partial charge < -0.3 is 19.4 Å². The second-order valence-corrected chi connectivity index (χ2v) is 8.81. The Morgan fingerprint density at radius 1 is 1.19 bits per heavy atom. The number of aryl methyl sites for hydroxylation is 1. The lowest BCUT2D eigenvalue weighted by atomic mass is 9.96. The first kappa shape index (κ1) is 20.5. The van der Waals surface area contributed by atoms with E-state index in [-0.39, 0.29) is 11.8 Å². The normalized spacial score (nSPS) is 14.6. The Morgan fingerprint density at radius 2 is 2.00 bits per heavy atom. The molecule has 0 atom stereocenters. The Bertz CT molecular complexity index is 1220. The Hall–Kier alpha value is -3.39. The van der Waals surface area contributed by atoms with E-state index in [2.05, 4.69) is 20.2 Å². The Balaban J connectivity index is 1.22. The number of rotatable bonds is 5. The molecular weight excluding hydrogens is 424 g/mol. The van der Waals surface area contributed by atoms with Gasteiger partial charge in [0, 0.05) is 30.0 Å². The van der Waals surface area contributed by atoms with E-state index in [4.69, 9.17) is 9.15 Å². The summed E-state index contributed by atoms with van der Waals surface area (Å²) >= 11 is 1.43. The van der Waals surface area contributed by atoms with Crippen LogP contribution in [0.25, 0.3) is 22.4 Å². The van der Waals surface area contributed by atoms with Crippen LogP contribution in [0.2, 0.25) is 0 Å². The number of hydrogen-bond acceptors (Lipinski definition) is 7. The van der Waals surface area contributed by atoms with Crippen molar-refractivity contribution >= 4 is 39.5 Å². The summed E-state index contributed by atoms with van der Waals surface area (Å²) in [4.78, 5) is 24.1. The third-order valence-corrected chi connectivity index (χ3v) is 6.54. The molecule has 3 heterocycles. The van der Waals surface area contributed by atoms with Crippen LogP contribution in [0.15, 0.2) is 52.3 Å². The van der Waals surface area contributed by atoms with E-state index < -0.39 is 0 Å². The van der Waals surface area contributed by atoms with Crippen molar-refractivity contribution in [2.75, 3.05) is 30.4 Å². The standard InChI is InChI=1S/C24H24N4O3S/c1-15-7-8-20(30-2)17(13-15)19-14-32-23(25-19)27-22(29)16-9-11-28(12-10-16)24-26-18-5-3-4-6-21(18)31-24/h3-8,13-14,16H,9-12H2,1-2H3,(H,25,27,29). The lowest BCUT2D eigenvalue weighted by molar-refractivity contribution is -0.120. The van der Waals surface area contributed by atoms with Crippen LogP contribution in [0.1, 0.15) is 18.4 Å². The molecule has 1 aliphatic heterocycles. The minimum absolute atomic E-state index is 0.0133. The molecule has 7 nitrogen and oxygen atoms in total. The molecule has 2 aromatic carbocycles. The van der Waals surface area contributed by atoms with Crippen LogP contribution in [0, 0.1) is 12.8 Å². The number of fused-ring (bicyclic) bond motifs is 1. The number of benzene rings is 2. The van der Waals surface area contributed by atoms with Gasteiger partial charge in [0.05, 0.1) is 12.8 Å². The predicted octanol–water partition coefficient (Wildman–Crippen LogP) is 5.12. The number of nitrogens with one attached hydrogen (secondary N) is 1. The van der Waals surface area contributed by atoms with Gasteiger partial charge in [0.2, 0.25) is 5.91 Å². The summed E-state index contributed by atoms with van der Waals surface area (Å²) in [5.41, 5.74) is 4.50. The molecule has 0 spiro atoms. The first-order valence-corrected chi connectivity index (χ1v) is 11.5. The average Bonchev–Trinajstić information content (AvgIpc) is 3.46. The molecule has 32 heavy (non-hydrogen) atoms. The highest BCUT2D eigenvalue weighted by Gasteiger charge is 2.28. The average molecular weight is 449 g/mol. The molecule has 0 radical (unpaired) electrons. The highest BCUT2D eigenvalue weighted by Crippen LogP contribution is 2.33. The summed E-state index contributed by atoms with van der Waals surface area (Å²) in [6.45, 7) is 3.49. The lowest BCUT2D eigenvalue weighted by Crippen LogP contribution is -2.38. The quantitative estimate of drug-likeness (QED) is 0.456. The maximum absolute atomic E-state index is 12.8. The van der Waals surface area contributed by atoms with Gasteiger partial charge in [-0.05, 0) is 44.0 Å². The smallest absolute Gasteiger partial charge is 0.298 e. The van der Waals surface area contributed by atoms with Gasteiger partial charge in [-0.1, -0.05) is 23.8 Å². The fraction of sp³-hybridized carbons (Fsp3) is 0.292. The second-order valence-electron chi connectivity index (χ2n) is 7.96. The lowest BCUT2D eigenvalue weighted by Gasteiger charge is -2.29. The number of para-hydroxylation sites is 2. The molecule has 164 valence electrons. The number of methoxy groups -OCH3 is 1. The van der Waals surface area contributed by atoms with E-state index in [0.29, 0.717) is 11.1 Å². The first-order valence-electron chi connectivity index (χ1n) is 10.6. The maximum atomic E-state index is 12.8. The number of hydrogen-bond donors (Lipinski definition) is 1. The molecule has 1 amide bonds. The molecule has 1 N–H and O–H groups in total. The molecule has 0 saturated carbocycles. The SMILES string of the molecule is COc1ccc(C)cc1-c1csc(NC(=O)C2CCN(c3nc4ccccc4o3)CC2)n1. The van der Waals surface area contributed by atoms with E-state index in [1.165, 1.54) is 11.3 Å². The third kappa shape index (κ3) is 4.05. The van der Waals surface area contributed by atoms with Crippen LogP contribution >= 0.6 is 11.3 Å². The zero-order chi connectivity index (χ0) is 22.1. The molecule has 1 aliphatic rings. The van der Waals surface area contributed by atoms with Crippen molar-refractivity contribution in [1.82, 2.24) is 9.97 Å². The number of carbonyl (C=O) groups is 1. The van der Waals surface area contributed by atoms with Crippen molar-refractivity contribution in [2.24, 2.45) is 5.92 Å². The van der Waals surface area contributed by atoms with Crippen LogP contribution in [-0.2, 0) is 4.79 Å². The van der Waals surface area contributed by atoms with Crippen molar-refractivity contribution < 1.29 is 13.9 Å². The molecule has 8 heteroatoms. The molecule has 5 rings (SSSR count).